The number of hydrogen-bond donors (Lipinski definition) is 2. The number of nitrogens with zero attached hydrogens (tertiary/aromatic N) is 3. The molecule has 1 fully saturated rings. The average molecular weight is 265 g/mol. The molecule has 18 heavy (non-hydrogen) atoms. The van der Waals surface area contributed by atoms with Gasteiger partial charge in [0, 0.05) is 19.5 Å². The van der Waals surface area contributed by atoms with Crippen LogP contribution < -0.4 is 16.4 Å². The van der Waals surface area contributed by atoms with Crippen molar-refractivity contribution in [1.82, 2.24) is 4.37 Å². The first kappa shape index (κ1) is 12.6. The van der Waals surface area contributed by atoms with E-state index in [0.29, 0.717) is 23.7 Å². The molecule has 0 saturated carbocycles. The Kier molecular flexibility index (Phi) is 3.67. The largest absolute Gasteiger partial charge is 0.382 e. The summed E-state index contributed by atoms with van der Waals surface area (Å²) in [7, 11) is 0. The highest BCUT2D eigenvalue weighted by Gasteiger charge is 2.24. The van der Waals surface area contributed by atoms with Crippen LogP contribution in [0, 0.1) is 17.2 Å². The van der Waals surface area contributed by atoms with Crippen molar-refractivity contribution in [3.8, 4) is 6.07 Å². The summed E-state index contributed by atoms with van der Waals surface area (Å²) in [5.41, 5.74) is 11.3. The van der Waals surface area contributed by atoms with Gasteiger partial charge >= 0.3 is 0 Å². The summed E-state index contributed by atoms with van der Waals surface area (Å²) in [6.45, 7) is 1.63. The normalized spacial score (nSPS) is 16.5. The summed E-state index contributed by atoms with van der Waals surface area (Å²) in [6.07, 6.45) is 2.26. The number of carbonyl (C=O) groups is 1. The van der Waals surface area contributed by atoms with Gasteiger partial charge in [-0.05, 0) is 30.3 Å². The quantitative estimate of drug-likeness (QED) is 0.835. The lowest BCUT2D eigenvalue weighted by Crippen LogP contribution is -2.35. The number of nitriles is 1. The zero-order valence-electron chi connectivity index (χ0n) is 9.93. The lowest BCUT2D eigenvalue weighted by atomic mass is 9.93. The highest BCUT2D eigenvalue weighted by Crippen LogP contribution is 2.33. The number of piperidine rings is 1. The van der Waals surface area contributed by atoms with Crippen molar-refractivity contribution in [2.45, 2.75) is 19.3 Å². The van der Waals surface area contributed by atoms with E-state index >= 15 is 0 Å². The number of anilines is 2. The van der Waals surface area contributed by atoms with Crippen molar-refractivity contribution >= 4 is 28.3 Å². The van der Waals surface area contributed by atoms with E-state index < -0.39 is 0 Å². The molecule has 1 saturated heterocycles. The van der Waals surface area contributed by atoms with Gasteiger partial charge in [0.15, 0.2) is 5.82 Å². The van der Waals surface area contributed by atoms with Gasteiger partial charge in [0.05, 0.1) is 0 Å². The van der Waals surface area contributed by atoms with Crippen LogP contribution in [0.5, 0.6) is 0 Å². The number of hydrogen-bond acceptors (Lipinski definition) is 6. The second-order valence-electron chi connectivity index (χ2n) is 4.46. The second kappa shape index (κ2) is 5.23. The topological polar surface area (TPSA) is 109 Å². The third-order valence-corrected chi connectivity index (χ3v) is 4.13. The van der Waals surface area contributed by atoms with Crippen LogP contribution in [0.15, 0.2) is 0 Å². The van der Waals surface area contributed by atoms with Crippen molar-refractivity contribution in [2.75, 3.05) is 23.7 Å². The lowest BCUT2D eigenvalue weighted by Gasteiger charge is -2.31. The first-order valence-corrected chi connectivity index (χ1v) is 6.57. The van der Waals surface area contributed by atoms with Crippen LogP contribution in [0.2, 0.25) is 0 Å². The average Bonchev–Trinajstić information content (AvgIpc) is 2.70. The van der Waals surface area contributed by atoms with Crippen LogP contribution in [0.3, 0.4) is 0 Å². The Morgan fingerprint density at radius 3 is 2.78 bits per heavy atom. The van der Waals surface area contributed by atoms with E-state index in [1.165, 1.54) is 11.5 Å². The standard InChI is InChI=1S/C11H15N5OS/c12-6-8-10(14)15-18-11(8)16-3-1-7(2-4-16)5-9(13)17/h7H,1-5H2,(H2,13,17)(H2,14,15). The number of rotatable bonds is 3. The zero-order valence-corrected chi connectivity index (χ0v) is 10.7. The SMILES string of the molecule is N#Cc1c(N)nsc1N1CCC(CC(N)=O)CC1. The molecular formula is C11H15N5OS. The molecule has 0 aliphatic carbocycles. The van der Waals surface area contributed by atoms with Crippen LogP contribution in [-0.2, 0) is 4.79 Å². The molecular weight excluding hydrogens is 250 g/mol. The summed E-state index contributed by atoms with van der Waals surface area (Å²) < 4.78 is 4.01. The van der Waals surface area contributed by atoms with E-state index in [1.807, 2.05) is 0 Å². The van der Waals surface area contributed by atoms with Crippen LogP contribution >= 0.6 is 11.5 Å². The zero-order chi connectivity index (χ0) is 13.1. The summed E-state index contributed by atoms with van der Waals surface area (Å²) in [6, 6.07) is 2.09. The molecule has 0 bridgehead atoms. The molecule has 0 radical (unpaired) electrons. The van der Waals surface area contributed by atoms with Crippen LogP contribution in [-0.4, -0.2) is 23.4 Å². The van der Waals surface area contributed by atoms with Crippen molar-refractivity contribution in [3.63, 3.8) is 0 Å². The number of primary amides is 1. The second-order valence-corrected chi connectivity index (χ2v) is 5.21. The molecule has 0 unspecified atom stereocenters. The smallest absolute Gasteiger partial charge is 0.217 e. The maximum atomic E-state index is 10.9. The number of carbonyl (C=O) groups excluding carboxylic acids is 1. The Labute approximate surface area is 109 Å². The van der Waals surface area contributed by atoms with Crippen LogP contribution in [0.1, 0.15) is 24.8 Å². The maximum Gasteiger partial charge on any atom is 0.217 e. The minimum Gasteiger partial charge on any atom is -0.382 e. The first-order chi connectivity index (χ1) is 8.61. The van der Waals surface area contributed by atoms with Gasteiger partial charge in [-0.15, -0.1) is 0 Å². The number of nitrogens with two attached hydrogens (primary N) is 2. The summed E-state index contributed by atoms with van der Waals surface area (Å²) in [5, 5.41) is 9.88. The van der Waals surface area contributed by atoms with Crippen molar-refractivity contribution in [2.24, 2.45) is 11.7 Å². The Balaban J connectivity index is 2.01. The van der Waals surface area contributed by atoms with Crippen molar-refractivity contribution in [1.29, 1.82) is 5.26 Å². The van der Waals surface area contributed by atoms with Gasteiger partial charge in [-0.3, -0.25) is 4.79 Å². The lowest BCUT2D eigenvalue weighted by molar-refractivity contribution is -0.119. The summed E-state index contributed by atoms with van der Waals surface area (Å²) >= 11 is 1.26. The molecule has 1 aliphatic rings. The van der Waals surface area contributed by atoms with E-state index in [0.717, 1.165) is 30.9 Å². The number of amides is 1. The fraction of sp³-hybridized carbons (Fsp3) is 0.545. The Hall–Kier alpha value is -1.81. The van der Waals surface area contributed by atoms with Gasteiger partial charge in [0.2, 0.25) is 5.91 Å². The molecule has 0 spiro atoms. The van der Waals surface area contributed by atoms with Gasteiger partial charge in [-0.25, -0.2) is 0 Å². The molecule has 1 aromatic heterocycles. The summed E-state index contributed by atoms with van der Waals surface area (Å²) in [4.78, 5) is 13.0. The van der Waals surface area contributed by atoms with Gasteiger partial charge in [-0.2, -0.15) is 9.64 Å². The van der Waals surface area contributed by atoms with Crippen molar-refractivity contribution in [3.05, 3.63) is 5.56 Å². The molecule has 96 valence electrons. The molecule has 4 N–H and O–H groups in total. The van der Waals surface area contributed by atoms with Crippen molar-refractivity contribution < 1.29 is 4.79 Å². The monoisotopic (exact) mass is 265 g/mol. The van der Waals surface area contributed by atoms with E-state index in [9.17, 15) is 4.79 Å². The highest BCUT2D eigenvalue weighted by molar-refractivity contribution is 7.10. The minimum atomic E-state index is -0.242. The fourth-order valence-corrected chi connectivity index (χ4v) is 3.05. The van der Waals surface area contributed by atoms with Gasteiger partial charge < -0.3 is 16.4 Å². The van der Waals surface area contributed by atoms with Crippen LogP contribution in [0.4, 0.5) is 10.8 Å². The van der Waals surface area contributed by atoms with Crippen LogP contribution in [0.25, 0.3) is 0 Å². The molecule has 7 heteroatoms. The van der Waals surface area contributed by atoms with E-state index in [4.69, 9.17) is 16.7 Å². The van der Waals surface area contributed by atoms with E-state index in [1.54, 1.807) is 0 Å². The Morgan fingerprint density at radius 2 is 2.22 bits per heavy atom. The fourth-order valence-electron chi connectivity index (χ4n) is 2.24. The number of nitrogen functional groups attached to an aromatic ring is 1. The highest BCUT2D eigenvalue weighted by atomic mass is 32.1. The molecule has 0 atom stereocenters. The molecule has 0 aromatic carbocycles. The third kappa shape index (κ3) is 2.54. The maximum absolute atomic E-state index is 10.9. The number of aromatic nitrogens is 1. The molecule has 2 rings (SSSR count). The third-order valence-electron chi connectivity index (χ3n) is 3.20. The molecule has 6 nitrogen and oxygen atoms in total. The van der Waals surface area contributed by atoms with Gasteiger partial charge in [0.25, 0.3) is 0 Å². The molecule has 1 aliphatic heterocycles. The Bertz CT molecular complexity index is 484. The molecule has 1 aromatic rings. The summed E-state index contributed by atoms with van der Waals surface area (Å²) in [5.74, 6) is 0.416. The van der Waals surface area contributed by atoms with Gasteiger partial charge in [0.1, 0.15) is 16.6 Å². The molecule has 1 amide bonds. The van der Waals surface area contributed by atoms with Gasteiger partial charge in [-0.1, -0.05) is 0 Å². The predicted molar refractivity (Wildman–Crippen MR) is 70.0 cm³/mol. The van der Waals surface area contributed by atoms with E-state index in [-0.39, 0.29) is 5.91 Å². The molecule has 2 heterocycles. The predicted octanol–water partition coefficient (Wildman–Crippen LogP) is 0.689. The first-order valence-electron chi connectivity index (χ1n) is 5.80. The minimum absolute atomic E-state index is 0.242. The Morgan fingerprint density at radius 1 is 1.56 bits per heavy atom. The van der Waals surface area contributed by atoms with E-state index in [2.05, 4.69) is 15.3 Å².